The quantitative estimate of drug-likeness (QED) is 0.400. The van der Waals surface area contributed by atoms with Gasteiger partial charge in [-0.05, 0) is 33.4 Å². The van der Waals surface area contributed by atoms with Crippen molar-refractivity contribution in [2.75, 3.05) is 14.1 Å². The van der Waals surface area contributed by atoms with Gasteiger partial charge in [0.05, 0.1) is 5.54 Å². The highest BCUT2D eigenvalue weighted by molar-refractivity contribution is 5.88. The van der Waals surface area contributed by atoms with Gasteiger partial charge in [0.2, 0.25) is 0 Å². The molecule has 21 heavy (non-hydrogen) atoms. The summed E-state index contributed by atoms with van der Waals surface area (Å²) in [6.45, 7) is 2.26. The molecule has 2 nitrogen and oxygen atoms in total. The zero-order valence-corrected chi connectivity index (χ0v) is 14.8. The third-order valence-corrected chi connectivity index (χ3v) is 5.31. The van der Waals surface area contributed by atoms with Gasteiger partial charge in [-0.15, -0.1) is 0 Å². The Morgan fingerprint density at radius 2 is 1.38 bits per heavy atom. The van der Waals surface area contributed by atoms with Gasteiger partial charge in [0, 0.05) is 6.42 Å². The molecule has 0 radical (unpaired) electrons. The number of nitrogens with zero attached hydrogens (tertiary/aromatic N) is 1. The second-order valence-corrected chi connectivity index (χ2v) is 7.13. The van der Waals surface area contributed by atoms with E-state index in [1.54, 1.807) is 0 Å². The lowest BCUT2D eigenvalue weighted by Crippen LogP contribution is -2.50. The van der Waals surface area contributed by atoms with Crippen molar-refractivity contribution in [2.45, 2.75) is 102 Å². The first-order valence-electron chi connectivity index (χ1n) is 9.34. The molecular formula is C19H37NO. The zero-order chi connectivity index (χ0) is 15.6. The molecule has 2 heteroatoms. The molecule has 124 valence electrons. The number of carbonyl (C=O) groups is 1. The minimum Gasteiger partial charge on any atom is -0.298 e. The van der Waals surface area contributed by atoms with Gasteiger partial charge in [0.15, 0.2) is 5.78 Å². The Morgan fingerprint density at radius 3 is 1.90 bits per heavy atom. The molecule has 1 rings (SSSR count). The zero-order valence-electron chi connectivity index (χ0n) is 14.8. The molecule has 0 aromatic heterocycles. The maximum absolute atomic E-state index is 12.8. The molecule has 1 fully saturated rings. The molecule has 0 heterocycles. The van der Waals surface area contributed by atoms with E-state index in [4.69, 9.17) is 0 Å². The van der Waals surface area contributed by atoms with Crippen LogP contribution in [-0.2, 0) is 4.79 Å². The van der Waals surface area contributed by atoms with E-state index in [9.17, 15) is 4.79 Å². The van der Waals surface area contributed by atoms with E-state index in [2.05, 4.69) is 25.9 Å². The van der Waals surface area contributed by atoms with Crippen LogP contribution in [0.25, 0.3) is 0 Å². The summed E-state index contributed by atoms with van der Waals surface area (Å²) in [4.78, 5) is 15.0. The summed E-state index contributed by atoms with van der Waals surface area (Å²) in [5.41, 5.74) is -0.140. The number of Topliss-reactive ketones (excluding diaryl/α,β-unsaturated/α-hetero) is 1. The Kier molecular flexibility index (Phi) is 9.23. The van der Waals surface area contributed by atoms with Crippen molar-refractivity contribution in [1.29, 1.82) is 0 Å². The van der Waals surface area contributed by atoms with Crippen molar-refractivity contribution in [3.8, 4) is 0 Å². The normalized spacial score (nSPS) is 18.7. The number of hydrogen-bond acceptors (Lipinski definition) is 2. The molecule has 1 aliphatic carbocycles. The Balaban J connectivity index is 2.33. The monoisotopic (exact) mass is 295 g/mol. The van der Waals surface area contributed by atoms with Crippen LogP contribution in [0.15, 0.2) is 0 Å². The van der Waals surface area contributed by atoms with Crippen LogP contribution in [0.2, 0.25) is 0 Å². The van der Waals surface area contributed by atoms with E-state index < -0.39 is 0 Å². The number of likely N-dealkylation sites (N-methyl/N-ethyl adjacent to an activating group) is 1. The van der Waals surface area contributed by atoms with Gasteiger partial charge < -0.3 is 0 Å². The fourth-order valence-corrected chi connectivity index (χ4v) is 3.76. The molecule has 0 aromatic carbocycles. The molecule has 0 amide bonds. The van der Waals surface area contributed by atoms with Crippen molar-refractivity contribution in [3.05, 3.63) is 0 Å². The number of carbonyl (C=O) groups excluding carboxylic acids is 1. The molecule has 0 saturated heterocycles. The van der Waals surface area contributed by atoms with Crippen LogP contribution in [-0.4, -0.2) is 30.3 Å². The molecule has 1 saturated carbocycles. The minimum atomic E-state index is -0.140. The molecule has 0 aliphatic heterocycles. The number of hydrogen-bond donors (Lipinski definition) is 0. The van der Waals surface area contributed by atoms with E-state index in [1.807, 2.05) is 0 Å². The Hall–Kier alpha value is -0.370. The fraction of sp³-hybridized carbons (Fsp3) is 0.947. The average Bonchev–Trinajstić information content (AvgIpc) is 2.73. The Morgan fingerprint density at radius 1 is 0.857 bits per heavy atom. The van der Waals surface area contributed by atoms with Crippen LogP contribution >= 0.6 is 0 Å². The van der Waals surface area contributed by atoms with Crippen molar-refractivity contribution >= 4 is 5.78 Å². The summed E-state index contributed by atoms with van der Waals surface area (Å²) < 4.78 is 0. The summed E-state index contributed by atoms with van der Waals surface area (Å²) in [5.74, 6) is 0.517. The number of rotatable bonds is 10. The van der Waals surface area contributed by atoms with E-state index in [1.165, 1.54) is 64.2 Å². The first-order chi connectivity index (χ1) is 10.1. The summed E-state index contributed by atoms with van der Waals surface area (Å²) in [5, 5.41) is 0. The summed E-state index contributed by atoms with van der Waals surface area (Å²) in [6.07, 6.45) is 17.0. The predicted molar refractivity (Wildman–Crippen MR) is 91.7 cm³/mol. The molecule has 0 atom stereocenters. The maximum Gasteiger partial charge on any atom is 0.153 e. The van der Waals surface area contributed by atoms with Gasteiger partial charge in [0.25, 0.3) is 0 Å². The van der Waals surface area contributed by atoms with Crippen LogP contribution in [0.5, 0.6) is 0 Å². The van der Waals surface area contributed by atoms with Crippen molar-refractivity contribution in [2.24, 2.45) is 0 Å². The number of ketones is 1. The number of unbranched alkanes of at least 4 members (excludes halogenated alkanes) is 6. The first-order valence-corrected chi connectivity index (χ1v) is 9.34. The standard InChI is InChI=1S/C19H37NO/c1-4-5-6-7-8-9-12-15-18(21)19(20(2)3)16-13-10-11-14-17-19/h4-17H2,1-3H3. The fourth-order valence-electron chi connectivity index (χ4n) is 3.76. The lowest BCUT2D eigenvalue weighted by molar-refractivity contribution is -0.130. The highest BCUT2D eigenvalue weighted by Gasteiger charge is 2.39. The van der Waals surface area contributed by atoms with Crippen LogP contribution in [0.3, 0.4) is 0 Å². The molecule has 0 N–H and O–H groups in total. The van der Waals surface area contributed by atoms with Crippen LogP contribution in [0.4, 0.5) is 0 Å². The lowest BCUT2D eigenvalue weighted by Gasteiger charge is -2.38. The third kappa shape index (κ3) is 6.10. The lowest BCUT2D eigenvalue weighted by atomic mass is 9.82. The third-order valence-electron chi connectivity index (χ3n) is 5.31. The highest BCUT2D eigenvalue weighted by Crippen LogP contribution is 2.33. The molecular weight excluding hydrogens is 258 g/mol. The van der Waals surface area contributed by atoms with Crippen LogP contribution in [0, 0.1) is 0 Å². The van der Waals surface area contributed by atoms with E-state index >= 15 is 0 Å². The Labute approximate surface area is 132 Å². The second-order valence-electron chi connectivity index (χ2n) is 7.13. The maximum atomic E-state index is 12.8. The molecule has 0 bridgehead atoms. The SMILES string of the molecule is CCCCCCCCCC(=O)C1(N(C)C)CCCCCC1. The molecule has 0 unspecified atom stereocenters. The molecule has 0 spiro atoms. The Bertz CT molecular complexity index is 277. The van der Waals surface area contributed by atoms with E-state index in [-0.39, 0.29) is 5.54 Å². The van der Waals surface area contributed by atoms with Gasteiger partial charge in [-0.1, -0.05) is 71.1 Å². The van der Waals surface area contributed by atoms with Crippen LogP contribution < -0.4 is 0 Å². The van der Waals surface area contributed by atoms with Gasteiger partial charge in [0.1, 0.15) is 0 Å². The highest BCUT2D eigenvalue weighted by atomic mass is 16.1. The predicted octanol–water partition coefficient (Wildman–Crippen LogP) is 5.35. The van der Waals surface area contributed by atoms with Crippen molar-refractivity contribution < 1.29 is 4.79 Å². The van der Waals surface area contributed by atoms with Gasteiger partial charge >= 0.3 is 0 Å². The van der Waals surface area contributed by atoms with Gasteiger partial charge in [-0.25, -0.2) is 0 Å². The summed E-state index contributed by atoms with van der Waals surface area (Å²) in [6, 6.07) is 0. The largest absolute Gasteiger partial charge is 0.298 e. The molecule has 0 aromatic rings. The second kappa shape index (κ2) is 10.4. The van der Waals surface area contributed by atoms with Crippen LogP contribution in [0.1, 0.15) is 96.8 Å². The first kappa shape index (κ1) is 18.7. The molecule has 1 aliphatic rings. The van der Waals surface area contributed by atoms with Gasteiger partial charge in [-0.2, -0.15) is 0 Å². The van der Waals surface area contributed by atoms with Gasteiger partial charge in [-0.3, -0.25) is 9.69 Å². The minimum absolute atomic E-state index is 0.140. The summed E-state index contributed by atoms with van der Waals surface area (Å²) in [7, 11) is 4.21. The smallest absolute Gasteiger partial charge is 0.153 e. The average molecular weight is 296 g/mol. The van der Waals surface area contributed by atoms with Crippen molar-refractivity contribution in [3.63, 3.8) is 0 Å². The summed E-state index contributed by atoms with van der Waals surface area (Å²) >= 11 is 0. The van der Waals surface area contributed by atoms with E-state index in [0.29, 0.717) is 5.78 Å². The van der Waals surface area contributed by atoms with E-state index in [0.717, 1.165) is 25.7 Å². The topological polar surface area (TPSA) is 20.3 Å². The van der Waals surface area contributed by atoms with Crippen molar-refractivity contribution in [1.82, 2.24) is 4.90 Å².